The smallest absolute Gasteiger partial charge is 0.191 e. The van der Waals surface area contributed by atoms with E-state index in [1.165, 1.54) is 0 Å². The lowest BCUT2D eigenvalue weighted by molar-refractivity contribution is 0.354. The number of hydrogen-bond donors (Lipinski definition) is 2. The first-order valence-electron chi connectivity index (χ1n) is 8.32. The number of aryl methyl sites for hydroxylation is 1. The van der Waals surface area contributed by atoms with E-state index in [-0.39, 0.29) is 24.0 Å². The first-order chi connectivity index (χ1) is 12.2. The van der Waals surface area contributed by atoms with Gasteiger partial charge in [0.2, 0.25) is 0 Å². The number of methoxy groups -OCH3 is 2. The summed E-state index contributed by atoms with van der Waals surface area (Å²) < 4.78 is 10.6. The molecular formula is C19H27IN4O2. The van der Waals surface area contributed by atoms with E-state index in [4.69, 9.17) is 9.47 Å². The van der Waals surface area contributed by atoms with Crippen LogP contribution in [0.2, 0.25) is 0 Å². The van der Waals surface area contributed by atoms with E-state index in [0.29, 0.717) is 24.6 Å². The van der Waals surface area contributed by atoms with Crippen LogP contribution in [-0.2, 0) is 13.1 Å². The van der Waals surface area contributed by atoms with Crippen LogP contribution in [0.5, 0.6) is 11.5 Å². The lowest BCUT2D eigenvalue weighted by atomic mass is 10.2. The number of aliphatic imine (C=N–C) groups is 1. The van der Waals surface area contributed by atoms with E-state index in [1.807, 2.05) is 50.2 Å². The molecule has 0 bridgehead atoms. The third-order valence-corrected chi connectivity index (χ3v) is 3.59. The molecule has 0 radical (unpaired) electrons. The SMILES string of the molecule is CCNC(=NCc1ccc(OC)c(OC)c1)NCc1cccc(C)n1.I. The lowest BCUT2D eigenvalue weighted by Gasteiger charge is -2.12. The molecule has 0 aliphatic heterocycles. The van der Waals surface area contributed by atoms with Crippen molar-refractivity contribution in [2.24, 2.45) is 4.99 Å². The maximum absolute atomic E-state index is 5.33. The van der Waals surface area contributed by atoms with Crippen LogP contribution in [0.1, 0.15) is 23.9 Å². The highest BCUT2D eigenvalue weighted by Crippen LogP contribution is 2.27. The van der Waals surface area contributed by atoms with Gasteiger partial charge in [-0.05, 0) is 43.7 Å². The summed E-state index contributed by atoms with van der Waals surface area (Å²) in [5.41, 5.74) is 3.03. The summed E-state index contributed by atoms with van der Waals surface area (Å²) in [6.07, 6.45) is 0. The van der Waals surface area contributed by atoms with Crippen LogP contribution in [-0.4, -0.2) is 31.7 Å². The van der Waals surface area contributed by atoms with Crippen LogP contribution < -0.4 is 20.1 Å². The fourth-order valence-corrected chi connectivity index (χ4v) is 2.36. The highest BCUT2D eigenvalue weighted by molar-refractivity contribution is 14.0. The average molecular weight is 470 g/mol. The molecule has 0 saturated carbocycles. The minimum Gasteiger partial charge on any atom is -0.493 e. The molecule has 1 aromatic carbocycles. The predicted molar refractivity (Wildman–Crippen MR) is 116 cm³/mol. The quantitative estimate of drug-likeness (QED) is 0.370. The summed E-state index contributed by atoms with van der Waals surface area (Å²) in [6, 6.07) is 11.8. The number of nitrogens with zero attached hydrogens (tertiary/aromatic N) is 2. The molecule has 0 amide bonds. The van der Waals surface area contributed by atoms with Crippen molar-refractivity contribution in [1.82, 2.24) is 15.6 Å². The van der Waals surface area contributed by atoms with Crippen LogP contribution in [0.3, 0.4) is 0 Å². The van der Waals surface area contributed by atoms with Crippen molar-refractivity contribution in [2.45, 2.75) is 26.9 Å². The molecule has 2 aromatic rings. The summed E-state index contributed by atoms with van der Waals surface area (Å²) in [5, 5.41) is 6.55. The molecule has 0 aliphatic rings. The van der Waals surface area contributed by atoms with Crippen molar-refractivity contribution in [3.63, 3.8) is 0 Å². The highest BCUT2D eigenvalue weighted by Gasteiger charge is 2.05. The maximum atomic E-state index is 5.33. The van der Waals surface area contributed by atoms with Gasteiger partial charge in [-0.1, -0.05) is 12.1 Å². The number of hydrogen-bond acceptors (Lipinski definition) is 4. The van der Waals surface area contributed by atoms with Gasteiger partial charge in [0.1, 0.15) is 0 Å². The van der Waals surface area contributed by atoms with Gasteiger partial charge in [0.05, 0.1) is 33.0 Å². The number of ether oxygens (including phenoxy) is 2. The fraction of sp³-hybridized carbons (Fsp3) is 0.368. The predicted octanol–water partition coefficient (Wildman–Crippen LogP) is 3.28. The largest absolute Gasteiger partial charge is 0.493 e. The molecule has 26 heavy (non-hydrogen) atoms. The van der Waals surface area contributed by atoms with Gasteiger partial charge in [0, 0.05) is 12.2 Å². The molecule has 2 rings (SSSR count). The molecule has 0 unspecified atom stereocenters. The third-order valence-electron chi connectivity index (χ3n) is 3.59. The van der Waals surface area contributed by atoms with E-state index >= 15 is 0 Å². The Morgan fingerprint density at radius 1 is 1.08 bits per heavy atom. The van der Waals surface area contributed by atoms with Gasteiger partial charge in [-0.15, -0.1) is 24.0 Å². The second-order valence-corrected chi connectivity index (χ2v) is 5.51. The monoisotopic (exact) mass is 470 g/mol. The van der Waals surface area contributed by atoms with Crippen LogP contribution >= 0.6 is 24.0 Å². The number of halogens is 1. The van der Waals surface area contributed by atoms with Gasteiger partial charge in [-0.3, -0.25) is 4.98 Å². The van der Waals surface area contributed by atoms with Crippen molar-refractivity contribution < 1.29 is 9.47 Å². The van der Waals surface area contributed by atoms with E-state index in [9.17, 15) is 0 Å². The Hall–Kier alpha value is -2.03. The van der Waals surface area contributed by atoms with Crippen LogP contribution in [0.4, 0.5) is 0 Å². The Bertz CT molecular complexity index is 722. The summed E-state index contributed by atoms with van der Waals surface area (Å²) in [4.78, 5) is 9.11. The summed E-state index contributed by atoms with van der Waals surface area (Å²) in [5.74, 6) is 2.17. The van der Waals surface area contributed by atoms with Crippen molar-refractivity contribution in [3.8, 4) is 11.5 Å². The van der Waals surface area contributed by atoms with Gasteiger partial charge < -0.3 is 20.1 Å². The van der Waals surface area contributed by atoms with Crippen LogP contribution in [0, 0.1) is 6.92 Å². The Balaban J connectivity index is 0.00000338. The number of benzene rings is 1. The zero-order valence-corrected chi connectivity index (χ0v) is 18.0. The van der Waals surface area contributed by atoms with Gasteiger partial charge in [0.15, 0.2) is 17.5 Å². The summed E-state index contributed by atoms with van der Waals surface area (Å²) in [6.45, 7) is 5.98. The first kappa shape index (κ1) is 22.0. The molecule has 0 aliphatic carbocycles. The van der Waals surface area contributed by atoms with Gasteiger partial charge in [0.25, 0.3) is 0 Å². The molecule has 1 aromatic heterocycles. The molecule has 0 saturated heterocycles. The Morgan fingerprint density at radius 3 is 2.50 bits per heavy atom. The maximum Gasteiger partial charge on any atom is 0.191 e. The highest BCUT2D eigenvalue weighted by atomic mass is 127. The zero-order valence-electron chi connectivity index (χ0n) is 15.7. The van der Waals surface area contributed by atoms with Gasteiger partial charge in [-0.25, -0.2) is 4.99 Å². The number of rotatable bonds is 7. The molecular weight excluding hydrogens is 443 g/mol. The van der Waals surface area contributed by atoms with Gasteiger partial charge in [-0.2, -0.15) is 0 Å². The van der Waals surface area contributed by atoms with E-state index < -0.39 is 0 Å². The standard InChI is InChI=1S/C19H26N4O2.HI/c1-5-20-19(22-13-16-8-6-7-14(2)23-16)21-12-15-9-10-17(24-3)18(11-15)25-4;/h6-11H,5,12-13H2,1-4H3,(H2,20,21,22);1H. The number of aromatic nitrogens is 1. The number of guanidine groups is 1. The summed E-state index contributed by atoms with van der Waals surface area (Å²) >= 11 is 0. The lowest BCUT2D eigenvalue weighted by Crippen LogP contribution is -2.37. The van der Waals surface area contributed by atoms with Crippen molar-refractivity contribution in [1.29, 1.82) is 0 Å². The number of nitrogens with one attached hydrogen (secondary N) is 2. The molecule has 0 fully saturated rings. The molecule has 0 atom stereocenters. The zero-order chi connectivity index (χ0) is 18.1. The number of pyridine rings is 1. The van der Waals surface area contributed by atoms with Gasteiger partial charge >= 0.3 is 0 Å². The molecule has 142 valence electrons. The Labute approximate surface area is 172 Å². The summed E-state index contributed by atoms with van der Waals surface area (Å²) in [7, 11) is 3.26. The van der Waals surface area contributed by atoms with Crippen LogP contribution in [0.15, 0.2) is 41.4 Å². The second-order valence-electron chi connectivity index (χ2n) is 5.51. The third kappa shape index (κ3) is 6.70. The van der Waals surface area contributed by atoms with E-state index in [1.54, 1.807) is 14.2 Å². The molecule has 1 heterocycles. The Morgan fingerprint density at radius 2 is 1.85 bits per heavy atom. The van der Waals surface area contributed by atoms with E-state index in [0.717, 1.165) is 29.5 Å². The first-order valence-corrected chi connectivity index (χ1v) is 8.32. The molecule has 0 spiro atoms. The van der Waals surface area contributed by atoms with Crippen LogP contribution in [0.25, 0.3) is 0 Å². The van der Waals surface area contributed by atoms with Crippen molar-refractivity contribution in [3.05, 3.63) is 53.3 Å². The molecule has 2 N–H and O–H groups in total. The average Bonchev–Trinajstić information content (AvgIpc) is 2.63. The minimum absolute atomic E-state index is 0. The fourth-order valence-electron chi connectivity index (χ4n) is 2.36. The molecule has 6 nitrogen and oxygen atoms in total. The normalized spacial score (nSPS) is 10.7. The van der Waals surface area contributed by atoms with Crippen molar-refractivity contribution in [2.75, 3.05) is 20.8 Å². The Kier molecular flexibility index (Phi) is 9.79. The second kappa shape index (κ2) is 11.6. The van der Waals surface area contributed by atoms with Crippen molar-refractivity contribution >= 4 is 29.9 Å². The molecule has 7 heteroatoms. The van der Waals surface area contributed by atoms with E-state index in [2.05, 4.69) is 20.6 Å². The topological polar surface area (TPSA) is 67.8 Å². The minimum atomic E-state index is 0.